The minimum atomic E-state index is -0.273. The van der Waals surface area contributed by atoms with Gasteiger partial charge in [0.2, 0.25) is 5.91 Å². The monoisotopic (exact) mass is 328 g/mol. The number of hydrogen-bond acceptors (Lipinski definition) is 3. The second-order valence-electron chi connectivity index (χ2n) is 5.68. The Balaban J connectivity index is 1.95. The number of benzene rings is 2. The quantitative estimate of drug-likeness (QED) is 0.773. The minimum Gasteiger partial charge on any atom is -0.325 e. The smallest absolute Gasteiger partial charge is 0.241 e. The first-order valence-electron chi connectivity index (χ1n) is 7.77. The van der Waals surface area contributed by atoms with Crippen LogP contribution < -0.4 is 10.6 Å². The molecule has 4 heteroatoms. The van der Waals surface area contributed by atoms with Gasteiger partial charge < -0.3 is 5.32 Å². The van der Waals surface area contributed by atoms with Gasteiger partial charge in [0.1, 0.15) is 0 Å². The molecule has 0 heterocycles. The molecule has 1 amide bonds. The lowest BCUT2D eigenvalue weighted by molar-refractivity contribution is -0.117. The van der Waals surface area contributed by atoms with Crippen molar-refractivity contribution in [1.82, 2.24) is 5.32 Å². The first kappa shape index (κ1) is 17.6. The van der Waals surface area contributed by atoms with E-state index in [1.54, 1.807) is 11.8 Å². The van der Waals surface area contributed by atoms with Gasteiger partial charge in [-0.15, -0.1) is 11.8 Å². The van der Waals surface area contributed by atoms with Crippen LogP contribution in [0.4, 0.5) is 5.69 Å². The van der Waals surface area contributed by atoms with Gasteiger partial charge in [0.15, 0.2) is 0 Å². The molecular formula is C19H24N2OS. The SMILES string of the molecule is CSc1ccc(NC(=O)C(C)NC(C)c2ccccc2C)cc1. The van der Waals surface area contributed by atoms with E-state index in [4.69, 9.17) is 0 Å². The normalized spacial score (nSPS) is 13.4. The zero-order chi connectivity index (χ0) is 16.8. The maximum atomic E-state index is 12.3. The Labute approximate surface area is 142 Å². The predicted molar refractivity (Wildman–Crippen MR) is 99.0 cm³/mol. The van der Waals surface area contributed by atoms with E-state index < -0.39 is 0 Å². The van der Waals surface area contributed by atoms with Gasteiger partial charge in [0.05, 0.1) is 6.04 Å². The molecule has 2 atom stereocenters. The zero-order valence-corrected chi connectivity index (χ0v) is 14.9. The third-order valence-corrected chi connectivity index (χ3v) is 4.65. The summed E-state index contributed by atoms with van der Waals surface area (Å²) < 4.78 is 0. The summed E-state index contributed by atoms with van der Waals surface area (Å²) in [4.78, 5) is 13.5. The number of anilines is 1. The molecule has 2 aromatic carbocycles. The van der Waals surface area contributed by atoms with Gasteiger partial charge in [-0.2, -0.15) is 0 Å². The predicted octanol–water partition coefficient (Wildman–Crippen LogP) is 4.39. The average molecular weight is 328 g/mol. The van der Waals surface area contributed by atoms with Gasteiger partial charge >= 0.3 is 0 Å². The molecule has 2 rings (SSSR count). The van der Waals surface area contributed by atoms with Crippen LogP contribution in [0, 0.1) is 6.92 Å². The number of thioether (sulfide) groups is 1. The van der Waals surface area contributed by atoms with Crippen molar-refractivity contribution in [2.75, 3.05) is 11.6 Å². The number of carbonyl (C=O) groups excluding carboxylic acids is 1. The molecule has 2 aromatic rings. The molecule has 0 aliphatic heterocycles. The number of carbonyl (C=O) groups is 1. The number of hydrogen-bond donors (Lipinski definition) is 2. The van der Waals surface area contributed by atoms with Crippen LogP contribution in [0.5, 0.6) is 0 Å². The lowest BCUT2D eigenvalue weighted by atomic mass is 10.0. The number of rotatable bonds is 6. The Morgan fingerprint density at radius 3 is 2.30 bits per heavy atom. The van der Waals surface area contributed by atoms with Crippen LogP contribution in [-0.4, -0.2) is 18.2 Å². The first-order valence-corrected chi connectivity index (χ1v) is 9.00. The third-order valence-electron chi connectivity index (χ3n) is 3.91. The number of aryl methyl sites for hydroxylation is 1. The van der Waals surface area contributed by atoms with E-state index in [9.17, 15) is 4.79 Å². The summed E-state index contributed by atoms with van der Waals surface area (Å²) in [7, 11) is 0. The highest BCUT2D eigenvalue weighted by atomic mass is 32.2. The van der Waals surface area contributed by atoms with E-state index >= 15 is 0 Å². The lowest BCUT2D eigenvalue weighted by Crippen LogP contribution is -2.39. The Morgan fingerprint density at radius 2 is 1.70 bits per heavy atom. The second-order valence-corrected chi connectivity index (χ2v) is 6.56. The second kappa shape index (κ2) is 8.18. The molecule has 0 saturated heterocycles. The van der Waals surface area contributed by atoms with Crippen LogP contribution in [0.15, 0.2) is 53.4 Å². The maximum absolute atomic E-state index is 12.3. The fraction of sp³-hybridized carbons (Fsp3) is 0.316. The van der Waals surface area contributed by atoms with Crippen LogP contribution in [0.25, 0.3) is 0 Å². The summed E-state index contributed by atoms with van der Waals surface area (Å²) in [5.74, 6) is -0.0256. The Hall–Kier alpha value is -1.78. The zero-order valence-electron chi connectivity index (χ0n) is 14.1. The van der Waals surface area contributed by atoms with Crippen molar-refractivity contribution in [2.24, 2.45) is 0 Å². The molecule has 0 aliphatic rings. The average Bonchev–Trinajstić information content (AvgIpc) is 2.55. The van der Waals surface area contributed by atoms with Gasteiger partial charge in [0, 0.05) is 16.6 Å². The van der Waals surface area contributed by atoms with Crippen molar-refractivity contribution in [2.45, 2.75) is 37.8 Å². The molecule has 0 aliphatic carbocycles. The van der Waals surface area contributed by atoms with Crippen molar-refractivity contribution >= 4 is 23.4 Å². The fourth-order valence-electron chi connectivity index (χ4n) is 2.54. The lowest BCUT2D eigenvalue weighted by Gasteiger charge is -2.21. The Morgan fingerprint density at radius 1 is 1.04 bits per heavy atom. The van der Waals surface area contributed by atoms with Gasteiger partial charge in [-0.1, -0.05) is 24.3 Å². The Bertz CT molecular complexity index is 655. The van der Waals surface area contributed by atoms with Crippen LogP contribution in [0.2, 0.25) is 0 Å². The molecule has 23 heavy (non-hydrogen) atoms. The van der Waals surface area contributed by atoms with Crippen molar-refractivity contribution in [3.05, 3.63) is 59.7 Å². The molecule has 2 N–H and O–H groups in total. The molecule has 2 unspecified atom stereocenters. The van der Waals surface area contributed by atoms with Crippen LogP contribution in [0.3, 0.4) is 0 Å². The highest BCUT2D eigenvalue weighted by Gasteiger charge is 2.17. The van der Waals surface area contributed by atoms with Crippen LogP contribution >= 0.6 is 11.8 Å². The van der Waals surface area contributed by atoms with Gasteiger partial charge in [-0.3, -0.25) is 10.1 Å². The Kier molecular flexibility index (Phi) is 6.25. The van der Waals surface area contributed by atoms with E-state index in [1.165, 1.54) is 16.0 Å². The van der Waals surface area contributed by atoms with Crippen molar-refractivity contribution in [3.63, 3.8) is 0 Å². The van der Waals surface area contributed by atoms with Crippen LogP contribution in [-0.2, 0) is 4.79 Å². The van der Waals surface area contributed by atoms with E-state index in [1.807, 2.05) is 49.6 Å². The largest absolute Gasteiger partial charge is 0.325 e. The number of amides is 1. The first-order chi connectivity index (χ1) is 11.0. The van der Waals surface area contributed by atoms with Crippen molar-refractivity contribution in [3.8, 4) is 0 Å². The third kappa shape index (κ3) is 4.85. The highest BCUT2D eigenvalue weighted by Crippen LogP contribution is 2.19. The van der Waals surface area contributed by atoms with E-state index in [0.717, 1.165) is 5.69 Å². The van der Waals surface area contributed by atoms with Crippen molar-refractivity contribution in [1.29, 1.82) is 0 Å². The summed E-state index contributed by atoms with van der Waals surface area (Å²) in [6.45, 7) is 6.06. The summed E-state index contributed by atoms with van der Waals surface area (Å²) >= 11 is 1.68. The molecule has 0 aromatic heterocycles. The molecular weight excluding hydrogens is 304 g/mol. The van der Waals surface area contributed by atoms with Gasteiger partial charge in [0.25, 0.3) is 0 Å². The molecule has 3 nitrogen and oxygen atoms in total. The summed E-state index contributed by atoms with van der Waals surface area (Å²) in [5, 5.41) is 6.32. The van der Waals surface area contributed by atoms with Crippen molar-refractivity contribution < 1.29 is 4.79 Å². The van der Waals surface area contributed by atoms with Gasteiger partial charge in [-0.05, 0) is 62.4 Å². The molecule has 0 fully saturated rings. The maximum Gasteiger partial charge on any atom is 0.241 e. The van der Waals surface area contributed by atoms with E-state index in [-0.39, 0.29) is 18.0 Å². The molecule has 0 bridgehead atoms. The standard InChI is InChI=1S/C19H24N2OS/c1-13-7-5-6-8-18(13)14(2)20-15(3)19(22)21-16-9-11-17(23-4)12-10-16/h5-12,14-15,20H,1-4H3,(H,21,22). The van der Waals surface area contributed by atoms with Gasteiger partial charge in [-0.25, -0.2) is 0 Å². The summed E-state index contributed by atoms with van der Waals surface area (Å²) in [6.07, 6.45) is 2.03. The summed E-state index contributed by atoms with van der Waals surface area (Å²) in [5.41, 5.74) is 3.27. The number of nitrogens with one attached hydrogen (secondary N) is 2. The molecule has 0 saturated carbocycles. The minimum absolute atomic E-state index is 0.0256. The summed E-state index contributed by atoms with van der Waals surface area (Å²) in [6, 6.07) is 16.0. The fourth-order valence-corrected chi connectivity index (χ4v) is 2.95. The molecule has 0 spiro atoms. The van der Waals surface area contributed by atoms with E-state index in [0.29, 0.717) is 0 Å². The highest BCUT2D eigenvalue weighted by molar-refractivity contribution is 7.98. The molecule has 0 radical (unpaired) electrons. The van der Waals surface area contributed by atoms with Crippen LogP contribution in [0.1, 0.15) is 31.0 Å². The topological polar surface area (TPSA) is 41.1 Å². The molecule has 122 valence electrons. The van der Waals surface area contributed by atoms with E-state index in [2.05, 4.69) is 36.6 Å².